The van der Waals surface area contributed by atoms with Crippen LogP contribution in [-0.4, -0.2) is 38.7 Å². The summed E-state index contributed by atoms with van der Waals surface area (Å²) in [6.45, 7) is 6.78. The Balaban J connectivity index is 2.53. The normalized spacial score (nSPS) is 10.3. The summed E-state index contributed by atoms with van der Waals surface area (Å²) >= 11 is 0. The summed E-state index contributed by atoms with van der Waals surface area (Å²) in [5.41, 5.74) is 0.306. The molecule has 0 aliphatic carbocycles. The van der Waals surface area contributed by atoms with Gasteiger partial charge in [-0.25, -0.2) is 4.79 Å². The Morgan fingerprint density at radius 2 is 1.96 bits per heavy atom. The Kier molecular flexibility index (Phi) is 7.94. The first kappa shape index (κ1) is 18.8. The van der Waals surface area contributed by atoms with Gasteiger partial charge in [-0.3, -0.25) is 4.79 Å². The maximum Gasteiger partial charge on any atom is 0.338 e. The lowest BCUT2D eigenvalue weighted by atomic mass is 10.1. The minimum absolute atomic E-state index is 0.299. The van der Waals surface area contributed by atoms with Crippen molar-refractivity contribution in [2.24, 2.45) is 5.92 Å². The number of benzene rings is 1. The molecule has 0 bridgehead atoms. The van der Waals surface area contributed by atoms with E-state index in [1.54, 1.807) is 12.1 Å². The molecular weight excluding hydrogens is 298 g/mol. The third-order valence-corrected chi connectivity index (χ3v) is 3.08. The molecule has 1 rings (SSSR count). The minimum Gasteiger partial charge on any atom is -0.493 e. The van der Waals surface area contributed by atoms with Crippen molar-refractivity contribution in [2.45, 2.75) is 27.2 Å². The van der Waals surface area contributed by atoms with Crippen LogP contribution in [0.3, 0.4) is 0 Å². The molecule has 6 nitrogen and oxygen atoms in total. The van der Waals surface area contributed by atoms with E-state index in [0.29, 0.717) is 36.1 Å². The van der Waals surface area contributed by atoms with Gasteiger partial charge in [0.25, 0.3) is 5.91 Å². The van der Waals surface area contributed by atoms with Gasteiger partial charge >= 0.3 is 5.97 Å². The van der Waals surface area contributed by atoms with Gasteiger partial charge in [-0.2, -0.15) is 0 Å². The maximum atomic E-state index is 12.0. The van der Waals surface area contributed by atoms with Gasteiger partial charge in [-0.05, 0) is 37.5 Å². The fourth-order valence-corrected chi connectivity index (χ4v) is 1.84. The van der Waals surface area contributed by atoms with Crippen LogP contribution in [0.25, 0.3) is 0 Å². The van der Waals surface area contributed by atoms with E-state index in [0.717, 1.165) is 6.42 Å². The van der Waals surface area contributed by atoms with Crippen LogP contribution in [0.1, 0.15) is 37.6 Å². The molecule has 0 heterocycles. The lowest BCUT2D eigenvalue weighted by Gasteiger charge is -2.11. The van der Waals surface area contributed by atoms with E-state index in [4.69, 9.17) is 14.2 Å². The molecule has 1 N–H and O–H groups in total. The van der Waals surface area contributed by atoms with E-state index in [9.17, 15) is 9.59 Å². The van der Waals surface area contributed by atoms with Crippen molar-refractivity contribution in [3.8, 4) is 11.5 Å². The van der Waals surface area contributed by atoms with Crippen molar-refractivity contribution in [2.75, 3.05) is 26.9 Å². The molecule has 0 aromatic heterocycles. The second-order valence-corrected chi connectivity index (χ2v) is 5.41. The fraction of sp³-hybridized carbons (Fsp3) is 0.529. The van der Waals surface area contributed by atoms with Gasteiger partial charge in [0.15, 0.2) is 18.1 Å². The molecule has 6 heteroatoms. The van der Waals surface area contributed by atoms with E-state index in [-0.39, 0.29) is 12.5 Å². The van der Waals surface area contributed by atoms with Crippen LogP contribution >= 0.6 is 0 Å². The van der Waals surface area contributed by atoms with Crippen LogP contribution < -0.4 is 14.8 Å². The first-order valence-corrected chi connectivity index (χ1v) is 7.72. The zero-order chi connectivity index (χ0) is 17.2. The average Bonchev–Trinajstić information content (AvgIpc) is 2.52. The van der Waals surface area contributed by atoms with Crippen LogP contribution in [0.5, 0.6) is 11.5 Å². The van der Waals surface area contributed by atoms with Gasteiger partial charge in [0.2, 0.25) is 0 Å². The van der Waals surface area contributed by atoms with Gasteiger partial charge in [-0.15, -0.1) is 0 Å². The topological polar surface area (TPSA) is 73.9 Å². The number of ether oxygens (including phenoxy) is 3. The van der Waals surface area contributed by atoms with Gasteiger partial charge in [0.1, 0.15) is 0 Å². The second-order valence-electron chi connectivity index (χ2n) is 5.41. The molecule has 0 radical (unpaired) electrons. The molecule has 0 fully saturated rings. The van der Waals surface area contributed by atoms with Crippen molar-refractivity contribution in [1.82, 2.24) is 5.32 Å². The van der Waals surface area contributed by atoms with Crippen molar-refractivity contribution >= 4 is 11.9 Å². The lowest BCUT2D eigenvalue weighted by Crippen LogP contribution is -2.30. The lowest BCUT2D eigenvalue weighted by molar-refractivity contribution is -0.124. The monoisotopic (exact) mass is 323 g/mol. The highest BCUT2D eigenvalue weighted by atomic mass is 16.5. The highest BCUT2D eigenvalue weighted by Crippen LogP contribution is 2.28. The summed E-state index contributed by atoms with van der Waals surface area (Å²) in [5.74, 6) is 0.622. The number of nitrogens with one attached hydrogen (secondary N) is 1. The molecular formula is C17H25NO5. The van der Waals surface area contributed by atoms with Gasteiger partial charge in [0.05, 0.1) is 19.3 Å². The highest BCUT2D eigenvalue weighted by Gasteiger charge is 2.13. The Bertz CT molecular complexity index is 528. The Morgan fingerprint density at radius 3 is 2.57 bits per heavy atom. The Morgan fingerprint density at radius 1 is 1.22 bits per heavy atom. The molecule has 1 aromatic carbocycles. The molecule has 0 spiro atoms. The van der Waals surface area contributed by atoms with Crippen LogP contribution in [0.4, 0.5) is 0 Å². The molecule has 0 saturated heterocycles. The number of carbonyl (C=O) groups is 2. The van der Waals surface area contributed by atoms with Gasteiger partial charge < -0.3 is 19.5 Å². The molecule has 0 aliphatic heterocycles. The third-order valence-electron chi connectivity index (χ3n) is 3.08. The molecule has 0 unspecified atom stereocenters. The van der Waals surface area contributed by atoms with Gasteiger partial charge in [0, 0.05) is 6.54 Å². The summed E-state index contributed by atoms with van der Waals surface area (Å²) in [4.78, 5) is 23.6. The van der Waals surface area contributed by atoms with Crippen molar-refractivity contribution in [3.05, 3.63) is 23.8 Å². The number of hydrogen-bond donors (Lipinski definition) is 1. The van der Waals surface area contributed by atoms with E-state index < -0.39 is 5.97 Å². The predicted octanol–water partition coefficient (Wildman–Crippen LogP) is 2.41. The molecule has 0 atom stereocenters. The number of methoxy groups -OCH3 is 1. The molecule has 1 aromatic rings. The Labute approximate surface area is 137 Å². The molecule has 1 amide bonds. The summed E-state index contributed by atoms with van der Waals surface area (Å²) in [6.07, 6.45) is 0.885. The number of amides is 1. The number of hydrogen-bond acceptors (Lipinski definition) is 5. The van der Waals surface area contributed by atoms with Crippen molar-refractivity contribution in [3.63, 3.8) is 0 Å². The summed E-state index contributed by atoms with van der Waals surface area (Å²) < 4.78 is 15.6. The van der Waals surface area contributed by atoms with Crippen molar-refractivity contribution < 1.29 is 23.8 Å². The molecule has 128 valence electrons. The average molecular weight is 323 g/mol. The zero-order valence-electron chi connectivity index (χ0n) is 14.2. The summed E-state index contributed by atoms with van der Waals surface area (Å²) in [5, 5.41) is 2.71. The largest absolute Gasteiger partial charge is 0.493 e. The van der Waals surface area contributed by atoms with E-state index in [2.05, 4.69) is 19.2 Å². The molecule has 23 heavy (non-hydrogen) atoms. The maximum absolute atomic E-state index is 12.0. The Hall–Kier alpha value is -2.24. The number of rotatable bonds is 9. The van der Waals surface area contributed by atoms with E-state index in [1.165, 1.54) is 13.2 Å². The predicted molar refractivity (Wildman–Crippen MR) is 86.9 cm³/mol. The van der Waals surface area contributed by atoms with Crippen LogP contribution in [0, 0.1) is 5.92 Å². The SMILES string of the molecule is CCOc1ccc(C(=O)OCC(=O)NCCC(C)C)cc1OC. The number of carbonyl (C=O) groups excluding carboxylic acids is 2. The molecule has 0 aliphatic rings. The summed E-state index contributed by atoms with van der Waals surface area (Å²) in [7, 11) is 1.50. The third kappa shape index (κ3) is 6.59. The van der Waals surface area contributed by atoms with Crippen LogP contribution in [-0.2, 0) is 9.53 Å². The van der Waals surface area contributed by atoms with Crippen molar-refractivity contribution in [1.29, 1.82) is 0 Å². The summed E-state index contributed by atoms with van der Waals surface area (Å²) in [6, 6.07) is 4.75. The number of esters is 1. The minimum atomic E-state index is -0.578. The smallest absolute Gasteiger partial charge is 0.338 e. The quantitative estimate of drug-likeness (QED) is 0.707. The van der Waals surface area contributed by atoms with E-state index >= 15 is 0 Å². The van der Waals surface area contributed by atoms with Gasteiger partial charge in [-0.1, -0.05) is 13.8 Å². The highest BCUT2D eigenvalue weighted by molar-refractivity contribution is 5.92. The second kappa shape index (κ2) is 9.71. The first-order chi connectivity index (χ1) is 11.0. The standard InChI is InChI=1S/C17H25NO5/c1-5-22-14-7-6-13(10-15(14)21-4)17(20)23-11-16(19)18-9-8-12(2)3/h6-7,10,12H,5,8-9,11H2,1-4H3,(H,18,19). The fourth-order valence-electron chi connectivity index (χ4n) is 1.84. The first-order valence-electron chi connectivity index (χ1n) is 7.72. The molecule has 0 saturated carbocycles. The zero-order valence-corrected chi connectivity index (χ0v) is 14.2. The van der Waals surface area contributed by atoms with Crippen LogP contribution in [0.15, 0.2) is 18.2 Å². The van der Waals surface area contributed by atoms with Crippen LogP contribution in [0.2, 0.25) is 0 Å². The van der Waals surface area contributed by atoms with E-state index in [1.807, 2.05) is 6.92 Å².